The lowest BCUT2D eigenvalue weighted by molar-refractivity contribution is 0.308. The monoisotopic (exact) mass is 377 g/mol. The zero-order valence-electron chi connectivity index (χ0n) is 10.6. The summed E-state index contributed by atoms with van der Waals surface area (Å²) in [5.41, 5.74) is 1.12. The van der Waals surface area contributed by atoms with Crippen molar-refractivity contribution in [2.24, 2.45) is 0 Å². The summed E-state index contributed by atoms with van der Waals surface area (Å²) in [5.74, 6) is 1.48. The van der Waals surface area contributed by atoms with Crippen molar-refractivity contribution >= 4 is 31.9 Å². The zero-order valence-corrected chi connectivity index (χ0v) is 13.7. The van der Waals surface area contributed by atoms with E-state index in [1.807, 2.05) is 19.1 Å². The predicted molar refractivity (Wildman–Crippen MR) is 81.6 cm³/mol. The molecule has 0 unspecified atom stereocenters. The molecule has 0 aliphatic rings. The molecule has 0 saturated carbocycles. The van der Waals surface area contributed by atoms with Crippen LogP contribution in [0.5, 0.6) is 11.5 Å². The summed E-state index contributed by atoms with van der Waals surface area (Å²) >= 11 is 6.81. The lowest BCUT2D eigenvalue weighted by Gasteiger charge is -2.13. The maximum atomic E-state index is 5.54. The zero-order chi connectivity index (χ0) is 13.5. The molecule has 0 aliphatic carbocycles. The fourth-order valence-corrected chi connectivity index (χ4v) is 2.30. The first-order chi connectivity index (χ1) is 8.58. The van der Waals surface area contributed by atoms with E-state index in [2.05, 4.69) is 43.8 Å². The normalized spacial score (nSPS) is 10.2. The molecule has 0 spiro atoms. The van der Waals surface area contributed by atoms with Gasteiger partial charge in [-0.25, -0.2) is 0 Å². The molecular weight excluding hydrogens is 362 g/mol. The van der Waals surface area contributed by atoms with Gasteiger partial charge in [0.05, 0.1) is 18.2 Å². The number of nitrogens with one attached hydrogen (secondary N) is 1. The van der Waals surface area contributed by atoms with Gasteiger partial charge in [0, 0.05) is 17.6 Å². The van der Waals surface area contributed by atoms with Gasteiger partial charge in [-0.15, -0.1) is 0 Å². The van der Waals surface area contributed by atoms with Gasteiger partial charge in [-0.05, 0) is 40.5 Å². The van der Waals surface area contributed by atoms with Gasteiger partial charge >= 0.3 is 0 Å². The predicted octanol–water partition coefficient (Wildman–Crippen LogP) is 3.85. The van der Waals surface area contributed by atoms with Crippen LogP contribution in [0.4, 0.5) is 0 Å². The molecule has 0 bridgehead atoms. The van der Waals surface area contributed by atoms with Crippen LogP contribution < -0.4 is 14.8 Å². The first-order valence-electron chi connectivity index (χ1n) is 5.61. The van der Waals surface area contributed by atoms with Crippen molar-refractivity contribution in [3.8, 4) is 11.5 Å². The van der Waals surface area contributed by atoms with E-state index < -0.39 is 0 Å². The molecule has 0 saturated heterocycles. The molecule has 100 valence electrons. The molecule has 1 rings (SSSR count). The third-order valence-corrected chi connectivity index (χ3v) is 3.09. The van der Waals surface area contributed by atoms with Gasteiger partial charge in [0.25, 0.3) is 0 Å². The third-order valence-electron chi connectivity index (χ3n) is 2.22. The molecule has 0 fully saturated rings. The number of methoxy groups -OCH3 is 1. The average molecular weight is 379 g/mol. The van der Waals surface area contributed by atoms with Crippen molar-refractivity contribution < 1.29 is 9.47 Å². The Labute approximate surface area is 125 Å². The number of hydrogen-bond acceptors (Lipinski definition) is 3. The lowest BCUT2D eigenvalue weighted by Crippen LogP contribution is -2.14. The summed E-state index contributed by atoms with van der Waals surface area (Å²) < 4.78 is 12.7. The summed E-state index contributed by atoms with van der Waals surface area (Å²) in [6.07, 6.45) is 0. The molecule has 0 amide bonds. The van der Waals surface area contributed by atoms with E-state index in [0.29, 0.717) is 6.61 Å². The first kappa shape index (κ1) is 15.5. The van der Waals surface area contributed by atoms with Gasteiger partial charge in [0.1, 0.15) is 0 Å². The van der Waals surface area contributed by atoms with Gasteiger partial charge < -0.3 is 14.8 Å². The van der Waals surface area contributed by atoms with Crippen molar-refractivity contribution in [1.82, 2.24) is 5.32 Å². The smallest absolute Gasteiger partial charge is 0.175 e. The topological polar surface area (TPSA) is 30.5 Å². The fraction of sp³-hybridized carbons (Fsp3) is 0.385. The van der Waals surface area contributed by atoms with E-state index in [4.69, 9.17) is 9.47 Å². The second-order valence-electron chi connectivity index (χ2n) is 3.66. The molecule has 1 N–H and O–H groups in total. The van der Waals surface area contributed by atoms with Crippen LogP contribution in [0.3, 0.4) is 0 Å². The largest absolute Gasteiger partial charge is 0.493 e. The Morgan fingerprint density at radius 3 is 2.72 bits per heavy atom. The van der Waals surface area contributed by atoms with E-state index in [0.717, 1.165) is 39.1 Å². The second-order valence-corrected chi connectivity index (χ2v) is 5.64. The Balaban J connectivity index is 2.82. The molecule has 3 nitrogen and oxygen atoms in total. The number of ether oxygens (including phenoxy) is 2. The standard InChI is InChI=1S/C13H17Br2NO2/c1-4-18-13-11(15)5-10(6-12(13)17-3)8-16-7-9(2)14/h5-6,16H,2,4,7-8H2,1,3H3. The van der Waals surface area contributed by atoms with Crippen LogP contribution in [-0.2, 0) is 6.54 Å². The Morgan fingerprint density at radius 2 is 2.17 bits per heavy atom. The molecular formula is C13H17Br2NO2. The summed E-state index contributed by atoms with van der Waals surface area (Å²) in [5, 5.41) is 3.27. The molecule has 1 aromatic rings. The van der Waals surface area contributed by atoms with Crippen LogP contribution in [0.15, 0.2) is 27.7 Å². The van der Waals surface area contributed by atoms with Crippen molar-refractivity contribution in [3.05, 3.63) is 33.2 Å². The van der Waals surface area contributed by atoms with Gasteiger partial charge in [-0.1, -0.05) is 22.5 Å². The lowest BCUT2D eigenvalue weighted by atomic mass is 10.2. The van der Waals surface area contributed by atoms with Crippen LogP contribution in [0.2, 0.25) is 0 Å². The highest BCUT2D eigenvalue weighted by molar-refractivity contribution is 9.11. The van der Waals surface area contributed by atoms with Gasteiger partial charge in [-0.2, -0.15) is 0 Å². The molecule has 0 radical (unpaired) electrons. The maximum Gasteiger partial charge on any atom is 0.175 e. The molecule has 0 atom stereocenters. The van der Waals surface area contributed by atoms with Crippen LogP contribution in [0.25, 0.3) is 0 Å². The number of halogens is 2. The Hall–Kier alpha value is -0.520. The van der Waals surface area contributed by atoms with E-state index in [1.54, 1.807) is 7.11 Å². The average Bonchev–Trinajstić information content (AvgIpc) is 2.31. The first-order valence-corrected chi connectivity index (χ1v) is 7.20. The van der Waals surface area contributed by atoms with E-state index in [1.165, 1.54) is 0 Å². The highest BCUT2D eigenvalue weighted by Crippen LogP contribution is 2.36. The Morgan fingerprint density at radius 1 is 1.44 bits per heavy atom. The van der Waals surface area contributed by atoms with Crippen LogP contribution in [-0.4, -0.2) is 20.3 Å². The van der Waals surface area contributed by atoms with Crippen LogP contribution >= 0.6 is 31.9 Å². The minimum atomic E-state index is 0.607. The van der Waals surface area contributed by atoms with Crippen molar-refractivity contribution in [2.75, 3.05) is 20.3 Å². The van der Waals surface area contributed by atoms with Gasteiger partial charge in [-0.3, -0.25) is 0 Å². The summed E-state index contributed by atoms with van der Waals surface area (Å²) in [6.45, 7) is 7.80. The number of hydrogen-bond donors (Lipinski definition) is 1. The SMILES string of the molecule is C=C(Br)CNCc1cc(Br)c(OCC)c(OC)c1. The molecule has 0 aliphatic heterocycles. The van der Waals surface area contributed by atoms with Gasteiger partial charge in [0.2, 0.25) is 0 Å². The van der Waals surface area contributed by atoms with E-state index in [9.17, 15) is 0 Å². The molecule has 0 aromatic heterocycles. The van der Waals surface area contributed by atoms with Crippen molar-refractivity contribution in [1.29, 1.82) is 0 Å². The van der Waals surface area contributed by atoms with E-state index >= 15 is 0 Å². The molecule has 5 heteroatoms. The Kier molecular flexibility index (Phi) is 6.75. The third kappa shape index (κ3) is 4.63. The van der Waals surface area contributed by atoms with Crippen LogP contribution in [0.1, 0.15) is 12.5 Å². The van der Waals surface area contributed by atoms with Crippen molar-refractivity contribution in [2.45, 2.75) is 13.5 Å². The minimum absolute atomic E-state index is 0.607. The number of rotatable bonds is 7. The molecule has 0 heterocycles. The molecule has 18 heavy (non-hydrogen) atoms. The summed E-state index contributed by atoms with van der Waals surface area (Å²) in [4.78, 5) is 0. The van der Waals surface area contributed by atoms with Crippen molar-refractivity contribution in [3.63, 3.8) is 0 Å². The van der Waals surface area contributed by atoms with Gasteiger partial charge in [0.15, 0.2) is 11.5 Å². The van der Waals surface area contributed by atoms with Crippen LogP contribution in [0, 0.1) is 0 Å². The summed E-state index contributed by atoms with van der Waals surface area (Å²) in [7, 11) is 1.64. The second kappa shape index (κ2) is 7.81. The van der Waals surface area contributed by atoms with E-state index in [-0.39, 0.29) is 0 Å². The maximum absolute atomic E-state index is 5.54. The minimum Gasteiger partial charge on any atom is -0.493 e. The number of benzene rings is 1. The molecule has 1 aromatic carbocycles. The fourth-order valence-electron chi connectivity index (χ4n) is 1.50. The quantitative estimate of drug-likeness (QED) is 0.781. The Bertz CT molecular complexity index is 422. The highest BCUT2D eigenvalue weighted by Gasteiger charge is 2.10. The summed E-state index contributed by atoms with van der Waals surface area (Å²) in [6, 6.07) is 4.00. The highest BCUT2D eigenvalue weighted by atomic mass is 79.9.